The Balaban J connectivity index is 1.42. The molecule has 8 heteroatoms. The maximum Gasteiger partial charge on any atom is 0.227 e. The molecule has 0 bridgehead atoms. The first-order valence-electron chi connectivity index (χ1n) is 14.4. The van der Waals surface area contributed by atoms with Gasteiger partial charge in [0.1, 0.15) is 0 Å². The quantitative estimate of drug-likeness (QED) is 0.460. The zero-order valence-electron chi connectivity index (χ0n) is 23.3. The molecular weight excluding hydrogens is 500 g/mol. The van der Waals surface area contributed by atoms with Crippen molar-refractivity contribution in [2.75, 3.05) is 26.2 Å². The van der Waals surface area contributed by atoms with Crippen LogP contribution >= 0.6 is 11.6 Å². The number of nitrogens with one attached hydrogen (secondary N) is 3. The summed E-state index contributed by atoms with van der Waals surface area (Å²) in [5, 5.41) is 10.2. The minimum absolute atomic E-state index is 0.00400. The summed E-state index contributed by atoms with van der Waals surface area (Å²) in [4.78, 5) is 41.8. The van der Waals surface area contributed by atoms with Gasteiger partial charge in [-0.15, -0.1) is 0 Å². The Morgan fingerprint density at radius 2 is 1.68 bits per heavy atom. The van der Waals surface area contributed by atoms with E-state index in [2.05, 4.69) is 16.0 Å². The Labute approximate surface area is 232 Å². The molecule has 1 aromatic rings. The van der Waals surface area contributed by atoms with Crippen molar-refractivity contribution in [1.82, 2.24) is 20.9 Å². The van der Waals surface area contributed by atoms with Crippen LogP contribution < -0.4 is 16.0 Å². The molecule has 3 fully saturated rings. The molecule has 3 N–H and O–H groups in total. The number of carbonyl (C=O) groups is 3. The molecule has 2 aliphatic heterocycles. The first kappa shape index (κ1) is 28.9. The van der Waals surface area contributed by atoms with E-state index in [1.807, 2.05) is 49.9 Å². The Kier molecular flexibility index (Phi) is 9.40. The number of benzene rings is 1. The summed E-state index contributed by atoms with van der Waals surface area (Å²) in [6, 6.07) is 7.29. The standard InChI is InChI=1S/C30H45ClN4O3/c1-29(2,3)34-28(38)30(23-7-5-4-6-8-23)13-15-35(16-14-30)26(36)18-25(33-27(37)22-19-32-20-22)17-21-9-11-24(31)12-10-21/h9-12,22-23,25,32H,4-8,13-20H2,1-3H3,(H,33,37)(H,34,38)/t25-/m1/s1. The van der Waals surface area contributed by atoms with Gasteiger partial charge in [-0.25, -0.2) is 0 Å². The van der Waals surface area contributed by atoms with Crippen LogP contribution in [0.1, 0.15) is 77.7 Å². The number of piperidine rings is 1. The van der Waals surface area contributed by atoms with Gasteiger partial charge in [0, 0.05) is 49.2 Å². The molecule has 38 heavy (non-hydrogen) atoms. The van der Waals surface area contributed by atoms with Crippen LogP contribution in [0.15, 0.2) is 24.3 Å². The molecule has 3 amide bonds. The van der Waals surface area contributed by atoms with Crippen molar-refractivity contribution in [1.29, 1.82) is 0 Å². The molecule has 1 saturated carbocycles. The molecule has 7 nitrogen and oxygen atoms in total. The second-order valence-electron chi connectivity index (χ2n) is 12.7. The first-order chi connectivity index (χ1) is 18.1. The number of nitrogens with zero attached hydrogens (tertiary/aromatic N) is 1. The van der Waals surface area contributed by atoms with Crippen molar-refractivity contribution in [2.24, 2.45) is 17.3 Å². The third kappa shape index (κ3) is 7.29. The zero-order valence-corrected chi connectivity index (χ0v) is 24.0. The van der Waals surface area contributed by atoms with E-state index in [1.54, 1.807) is 0 Å². The molecule has 0 spiro atoms. The molecular formula is C30H45ClN4O3. The maximum atomic E-state index is 13.7. The third-order valence-electron chi connectivity index (χ3n) is 8.65. The molecule has 2 saturated heterocycles. The Hall–Kier alpha value is -2.12. The van der Waals surface area contributed by atoms with E-state index in [0.29, 0.717) is 56.4 Å². The highest BCUT2D eigenvalue weighted by Gasteiger charge is 2.48. The van der Waals surface area contributed by atoms with E-state index in [0.717, 1.165) is 18.4 Å². The van der Waals surface area contributed by atoms with E-state index in [4.69, 9.17) is 11.6 Å². The average Bonchev–Trinajstić information content (AvgIpc) is 2.83. The second-order valence-corrected chi connectivity index (χ2v) is 13.1. The summed E-state index contributed by atoms with van der Waals surface area (Å²) in [6.07, 6.45) is 8.02. The highest BCUT2D eigenvalue weighted by Crippen LogP contribution is 2.46. The lowest BCUT2D eigenvalue weighted by Crippen LogP contribution is -2.57. The van der Waals surface area contributed by atoms with Gasteiger partial charge in [-0.1, -0.05) is 43.0 Å². The number of amides is 3. The van der Waals surface area contributed by atoms with E-state index in [9.17, 15) is 14.4 Å². The molecule has 1 atom stereocenters. The summed E-state index contributed by atoms with van der Waals surface area (Å²) < 4.78 is 0. The topological polar surface area (TPSA) is 90.5 Å². The van der Waals surface area contributed by atoms with Crippen LogP contribution in [0.5, 0.6) is 0 Å². The first-order valence-corrected chi connectivity index (χ1v) is 14.8. The minimum atomic E-state index is -0.404. The van der Waals surface area contributed by atoms with Crippen molar-refractivity contribution in [3.8, 4) is 0 Å². The third-order valence-corrected chi connectivity index (χ3v) is 8.90. The van der Waals surface area contributed by atoms with Gasteiger partial charge in [-0.2, -0.15) is 0 Å². The Morgan fingerprint density at radius 3 is 2.24 bits per heavy atom. The predicted octanol–water partition coefficient (Wildman–Crippen LogP) is 4.08. The van der Waals surface area contributed by atoms with Gasteiger partial charge < -0.3 is 20.9 Å². The highest BCUT2D eigenvalue weighted by atomic mass is 35.5. The van der Waals surface area contributed by atoms with Gasteiger partial charge >= 0.3 is 0 Å². The van der Waals surface area contributed by atoms with Crippen molar-refractivity contribution >= 4 is 29.3 Å². The lowest BCUT2D eigenvalue weighted by Gasteiger charge is -2.47. The number of halogens is 1. The zero-order chi connectivity index (χ0) is 27.3. The lowest BCUT2D eigenvalue weighted by molar-refractivity contribution is -0.146. The van der Waals surface area contributed by atoms with Gasteiger partial charge in [-0.05, 0) is 76.5 Å². The molecule has 210 valence electrons. The Bertz CT molecular complexity index is 972. The average molecular weight is 545 g/mol. The normalized spacial score (nSPS) is 21.3. The molecule has 1 aliphatic carbocycles. The van der Waals surface area contributed by atoms with Crippen molar-refractivity contribution in [3.63, 3.8) is 0 Å². The van der Waals surface area contributed by atoms with Crippen molar-refractivity contribution in [3.05, 3.63) is 34.9 Å². The SMILES string of the molecule is CC(C)(C)NC(=O)C1(C2CCCCC2)CCN(C(=O)C[C@@H](Cc2ccc(Cl)cc2)NC(=O)C2CNC2)CC1. The number of hydrogen-bond donors (Lipinski definition) is 3. The fourth-order valence-corrected chi connectivity index (χ4v) is 6.43. The van der Waals surface area contributed by atoms with Gasteiger partial charge in [0.05, 0.1) is 11.3 Å². The van der Waals surface area contributed by atoms with Gasteiger partial charge in [0.15, 0.2) is 0 Å². The summed E-state index contributed by atoms with van der Waals surface area (Å²) in [6.45, 7) is 8.63. The Morgan fingerprint density at radius 1 is 1.05 bits per heavy atom. The molecule has 0 unspecified atom stereocenters. The number of rotatable bonds is 8. The fraction of sp³-hybridized carbons (Fsp3) is 0.700. The van der Waals surface area contributed by atoms with Crippen molar-refractivity contribution < 1.29 is 14.4 Å². The van der Waals surface area contributed by atoms with Crippen LogP contribution in [0.25, 0.3) is 0 Å². The van der Waals surface area contributed by atoms with Crippen LogP contribution in [0.3, 0.4) is 0 Å². The number of hydrogen-bond acceptors (Lipinski definition) is 4. The van der Waals surface area contributed by atoms with Crippen LogP contribution in [-0.4, -0.2) is 60.4 Å². The maximum absolute atomic E-state index is 13.7. The number of carbonyl (C=O) groups excluding carboxylic acids is 3. The molecule has 2 heterocycles. The molecule has 3 aliphatic rings. The minimum Gasteiger partial charge on any atom is -0.352 e. The lowest BCUT2D eigenvalue weighted by atomic mass is 9.63. The summed E-state index contributed by atoms with van der Waals surface area (Å²) in [5.74, 6) is 0.550. The highest BCUT2D eigenvalue weighted by molar-refractivity contribution is 6.30. The monoisotopic (exact) mass is 544 g/mol. The van der Waals surface area contributed by atoms with Crippen LogP contribution in [-0.2, 0) is 20.8 Å². The fourth-order valence-electron chi connectivity index (χ4n) is 6.31. The van der Waals surface area contributed by atoms with E-state index in [1.165, 1.54) is 19.3 Å². The van der Waals surface area contributed by atoms with Gasteiger partial charge in [0.25, 0.3) is 0 Å². The van der Waals surface area contributed by atoms with Gasteiger partial charge in [-0.3, -0.25) is 14.4 Å². The second kappa shape index (κ2) is 12.4. The smallest absolute Gasteiger partial charge is 0.227 e. The van der Waals surface area contributed by atoms with E-state index < -0.39 is 5.41 Å². The molecule has 4 rings (SSSR count). The summed E-state index contributed by atoms with van der Waals surface area (Å²) >= 11 is 6.06. The summed E-state index contributed by atoms with van der Waals surface area (Å²) in [5.41, 5.74) is 0.348. The van der Waals surface area contributed by atoms with Crippen LogP contribution in [0.4, 0.5) is 0 Å². The number of likely N-dealkylation sites (tertiary alicyclic amines) is 1. The molecule has 0 aromatic heterocycles. The molecule has 1 aromatic carbocycles. The van der Waals surface area contributed by atoms with Crippen LogP contribution in [0.2, 0.25) is 5.02 Å². The van der Waals surface area contributed by atoms with Gasteiger partial charge in [0.2, 0.25) is 17.7 Å². The predicted molar refractivity (Wildman–Crippen MR) is 151 cm³/mol. The van der Waals surface area contributed by atoms with Crippen molar-refractivity contribution in [2.45, 2.75) is 90.1 Å². The largest absolute Gasteiger partial charge is 0.352 e. The summed E-state index contributed by atoms with van der Waals surface area (Å²) in [7, 11) is 0. The molecule has 0 radical (unpaired) electrons. The van der Waals surface area contributed by atoms with E-state index >= 15 is 0 Å². The van der Waals surface area contributed by atoms with E-state index in [-0.39, 0.29) is 41.6 Å². The van der Waals surface area contributed by atoms with Crippen LogP contribution in [0, 0.1) is 17.3 Å².